The van der Waals surface area contributed by atoms with Crippen LogP contribution in [0.2, 0.25) is 10.0 Å². The van der Waals surface area contributed by atoms with Crippen LogP contribution in [0.15, 0.2) is 23.1 Å². The number of benzene rings is 1. The number of thioether (sulfide) groups is 1. The van der Waals surface area contributed by atoms with Gasteiger partial charge in [0.05, 0.1) is 10.3 Å². The van der Waals surface area contributed by atoms with Gasteiger partial charge in [-0.3, -0.25) is 10.0 Å². The van der Waals surface area contributed by atoms with E-state index in [1.54, 1.807) is 23.7 Å². The van der Waals surface area contributed by atoms with Crippen molar-refractivity contribution in [3.05, 3.63) is 28.2 Å². The Morgan fingerprint density at radius 1 is 1.35 bits per heavy atom. The third-order valence-electron chi connectivity index (χ3n) is 2.88. The predicted molar refractivity (Wildman–Crippen MR) is 84.8 cm³/mol. The van der Waals surface area contributed by atoms with Gasteiger partial charge in [0.1, 0.15) is 0 Å². The van der Waals surface area contributed by atoms with Gasteiger partial charge in [0.2, 0.25) is 0 Å². The standard InChI is InChI=1S/C14H19Cl2NO2S/c1-2-3-4-5-6-12(14(18)17-19)20-13-9-10(15)7-8-11(13)16/h7-9,12,19H,2-6H2,1H3,(H,17,18). The lowest BCUT2D eigenvalue weighted by molar-refractivity contribution is -0.128. The number of unbranched alkanes of at least 4 members (excludes halogenated alkanes) is 3. The normalized spacial score (nSPS) is 12.2. The zero-order chi connectivity index (χ0) is 15.0. The van der Waals surface area contributed by atoms with E-state index in [9.17, 15) is 4.79 Å². The molecule has 0 saturated heterocycles. The molecule has 0 aliphatic carbocycles. The van der Waals surface area contributed by atoms with Crippen LogP contribution >= 0.6 is 35.0 Å². The van der Waals surface area contributed by atoms with Gasteiger partial charge in [-0.15, -0.1) is 11.8 Å². The lowest BCUT2D eigenvalue weighted by atomic mass is 10.1. The molecule has 0 aliphatic heterocycles. The van der Waals surface area contributed by atoms with Gasteiger partial charge < -0.3 is 0 Å². The molecule has 6 heteroatoms. The number of hydrogen-bond donors (Lipinski definition) is 2. The van der Waals surface area contributed by atoms with Gasteiger partial charge in [-0.2, -0.15) is 0 Å². The number of carbonyl (C=O) groups excluding carboxylic acids is 1. The minimum absolute atomic E-state index is 0.368. The summed E-state index contributed by atoms with van der Waals surface area (Å²) in [6, 6.07) is 5.14. The molecule has 0 heterocycles. The van der Waals surface area contributed by atoms with Crippen molar-refractivity contribution >= 4 is 40.9 Å². The van der Waals surface area contributed by atoms with E-state index < -0.39 is 5.91 Å². The molecule has 1 amide bonds. The number of hydroxylamine groups is 1. The molecular formula is C14H19Cl2NO2S. The fourth-order valence-corrected chi connectivity index (χ4v) is 3.41. The zero-order valence-corrected chi connectivity index (χ0v) is 13.7. The van der Waals surface area contributed by atoms with Crippen LogP contribution in [0, 0.1) is 0 Å². The third-order valence-corrected chi connectivity index (χ3v) is 4.89. The Kier molecular flexibility index (Phi) is 8.38. The van der Waals surface area contributed by atoms with Crippen molar-refractivity contribution in [2.24, 2.45) is 0 Å². The molecule has 2 N–H and O–H groups in total. The van der Waals surface area contributed by atoms with E-state index in [0.29, 0.717) is 16.5 Å². The van der Waals surface area contributed by atoms with Crippen LogP contribution in [0.5, 0.6) is 0 Å². The number of hydrogen-bond acceptors (Lipinski definition) is 3. The first-order valence-electron chi connectivity index (χ1n) is 6.64. The fraction of sp³-hybridized carbons (Fsp3) is 0.500. The molecule has 20 heavy (non-hydrogen) atoms. The second-order valence-corrected chi connectivity index (χ2v) is 6.59. The van der Waals surface area contributed by atoms with Crippen LogP contribution in [0.4, 0.5) is 0 Å². The Balaban J connectivity index is 2.68. The summed E-state index contributed by atoms with van der Waals surface area (Å²) in [7, 11) is 0. The van der Waals surface area contributed by atoms with E-state index >= 15 is 0 Å². The van der Waals surface area contributed by atoms with E-state index in [1.807, 2.05) is 0 Å². The summed E-state index contributed by atoms with van der Waals surface area (Å²) in [6.45, 7) is 2.14. The molecule has 0 aromatic heterocycles. The second kappa shape index (κ2) is 9.50. The molecule has 3 nitrogen and oxygen atoms in total. The Labute approximate surface area is 134 Å². The van der Waals surface area contributed by atoms with E-state index in [-0.39, 0.29) is 5.25 Å². The van der Waals surface area contributed by atoms with Crippen LogP contribution in [0.25, 0.3) is 0 Å². The molecule has 0 saturated carbocycles. The van der Waals surface area contributed by atoms with Crippen molar-refractivity contribution in [2.45, 2.75) is 49.2 Å². The molecule has 0 bridgehead atoms. The molecule has 0 aliphatic rings. The summed E-state index contributed by atoms with van der Waals surface area (Å²) in [4.78, 5) is 12.5. The largest absolute Gasteiger partial charge is 0.289 e. The topological polar surface area (TPSA) is 49.3 Å². The Bertz CT molecular complexity index is 443. The Hall–Kier alpha value is -0.420. The number of halogens is 2. The first kappa shape index (κ1) is 17.6. The molecule has 0 spiro atoms. The monoisotopic (exact) mass is 335 g/mol. The number of nitrogens with one attached hydrogen (secondary N) is 1. The molecule has 1 aromatic rings. The summed E-state index contributed by atoms with van der Waals surface area (Å²) >= 11 is 13.4. The van der Waals surface area contributed by atoms with Gasteiger partial charge in [0.15, 0.2) is 0 Å². The number of rotatable bonds is 8. The van der Waals surface area contributed by atoms with Crippen molar-refractivity contribution in [3.63, 3.8) is 0 Å². The van der Waals surface area contributed by atoms with E-state index in [2.05, 4.69) is 6.92 Å². The minimum Gasteiger partial charge on any atom is -0.289 e. The van der Waals surface area contributed by atoms with Gasteiger partial charge in [0.25, 0.3) is 5.91 Å². The van der Waals surface area contributed by atoms with Gasteiger partial charge in [-0.25, -0.2) is 5.48 Å². The lowest BCUT2D eigenvalue weighted by Gasteiger charge is -2.15. The van der Waals surface area contributed by atoms with E-state index in [0.717, 1.165) is 30.6 Å². The summed E-state index contributed by atoms with van der Waals surface area (Å²) in [5, 5.41) is 9.60. The van der Waals surface area contributed by atoms with Gasteiger partial charge in [0, 0.05) is 9.92 Å². The van der Waals surface area contributed by atoms with Crippen LogP contribution in [-0.2, 0) is 4.79 Å². The fourth-order valence-electron chi connectivity index (χ4n) is 1.79. The highest BCUT2D eigenvalue weighted by molar-refractivity contribution is 8.00. The molecule has 112 valence electrons. The minimum atomic E-state index is -0.400. The van der Waals surface area contributed by atoms with Crippen molar-refractivity contribution in [3.8, 4) is 0 Å². The average Bonchev–Trinajstić information content (AvgIpc) is 2.45. The molecule has 1 atom stereocenters. The smallest absolute Gasteiger partial charge is 0.256 e. The van der Waals surface area contributed by atoms with Crippen LogP contribution < -0.4 is 5.48 Å². The quantitative estimate of drug-likeness (QED) is 0.306. The van der Waals surface area contributed by atoms with Crippen molar-refractivity contribution < 1.29 is 10.0 Å². The Morgan fingerprint density at radius 2 is 2.10 bits per heavy atom. The molecule has 1 unspecified atom stereocenters. The highest BCUT2D eigenvalue weighted by atomic mass is 35.5. The van der Waals surface area contributed by atoms with Crippen molar-refractivity contribution in [1.82, 2.24) is 5.48 Å². The van der Waals surface area contributed by atoms with Gasteiger partial charge in [-0.1, -0.05) is 55.8 Å². The molecule has 0 radical (unpaired) electrons. The zero-order valence-electron chi connectivity index (χ0n) is 11.4. The second-order valence-electron chi connectivity index (χ2n) is 4.51. The number of amides is 1. The highest BCUT2D eigenvalue weighted by Gasteiger charge is 2.20. The maximum atomic E-state index is 11.7. The highest BCUT2D eigenvalue weighted by Crippen LogP contribution is 2.34. The van der Waals surface area contributed by atoms with Gasteiger partial charge >= 0.3 is 0 Å². The average molecular weight is 336 g/mol. The first-order valence-corrected chi connectivity index (χ1v) is 8.27. The molecular weight excluding hydrogens is 317 g/mol. The molecule has 1 rings (SSSR count). The molecule has 1 aromatic carbocycles. The van der Waals surface area contributed by atoms with Gasteiger partial charge in [-0.05, 0) is 24.6 Å². The Morgan fingerprint density at radius 3 is 2.75 bits per heavy atom. The summed E-state index contributed by atoms with van der Waals surface area (Å²) in [5.74, 6) is -0.400. The summed E-state index contributed by atoms with van der Waals surface area (Å²) in [6.07, 6.45) is 5.01. The van der Waals surface area contributed by atoms with E-state index in [1.165, 1.54) is 11.8 Å². The van der Waals surface area contributed by atoms with Crippen LogP contribution in [0.3, 0.4) is 0 Å². The number of carbonyl (C=O) groups is 1. The first-order chi connectivity index (χ1) is 9.58. The van der Waals surface area contributed by atoms with E-state index in [4.69, 9.17) is 28.4 Å². The third kappa shape index (κ3) is 5.92. The lowest BCUT2D eigenvalue weighted by Crippen LogP contribution is -2.30. The molecule has 0 fully saturated rings. The van der Waals surface area contributed by atoms with Crippen molar-refractivity contribution in [2.75, 3.05) is 0 Å². The summed E-state index contributed by atoms with van der Waals surface area (Å²) in [5.41, 5.74) is 1.72. The van der Waals surface area contributed by atoms with Crippen LogP contribution in [-0.4, -0.2) is 16.4 Å². The predicted octanol–water partition coefficient (Wildman–Crippen LogP) is 4.93. The van der Waals surface area contributed by atoms with Crippen LogP contribution in [0.1, 0.15) is 39.0 Å². The van der Waals surface area contributed by atoms with Crippen molar-refractivity contribution in [1.29, 1.82) is 0 Å². The summed E-state index contributed by atoms with van der Waals surface area (Å²) < 4.78 is 0. The maximum absolute atomic E-state index is 11.7. The maximum Gasteiger partial charge on any atom is 0.256 e. The SMILES string of the molecule is CCCCCCC(Sc1cc(Cl)ccc1Cl)C(=O)NO.